The molecule has 1 aromatic heterocycles. The van der Waals surface area contributed by atoms with Crippen molar-refractivity contribution in [2.24, 2.45) is 0 Å². The summed E-state index contributed by atoms with van der Waals surface area (Å²) in [6, 6.07) is 31.7. The fourth-order valence-electron chi connectivity index (χ4n) is 3.65. The summed E-state index contributed by atoms with van der Waals surface area (Å²) >= 11 is 0. The maximum absolute atomic E-state index is 5.12. The molecule has 6 rings (SSSR count). The van der Waals surface area contributed by atoms with E-state index in [1.165, 1.54) is 33.0 Å². The van der Waals surface area contributed by atoms with Crippen molar-refractivity contribution >= 4 is 21.7 Å². The monoisotopic (exact) mass is 320 g/mol. The molecule has 1 heterocycles. The van der Waals surface area contributed by atoms with Gasteiger partial charge in [0.2, 0.25) is 0 Å². The van der Waals surface area contributed by atoms with Crippen LogP contribution < -0.4 is 0 Å². The van der Waals surface area contributed by atoms with E-state index in [9.17, 15) is 0 Å². The van der Waals surface area contributed by atoms with Gasteiger partial charge < -0.3 is 4.42 Å². The normalized spacial score (nSPS) is 11.2. The molecule has 0 spiro atoms. The summed E-state index contributed by atoms with van der Waals surface area (Å²) in [6.45, 7) is 0. The number of hydrogen-bond acceptors (Lipinski definition) is 1. The first-order valence-corrected chi connectivity index (χ1v) is 8.45. The first kappa shape index (κ1) is 14.1. The van der Waals surface area contributed by atoms with Gasteiger partial charge in [-0.15, -0.1) is 0 Å². The summed E-state index contributed by atoms with van der Waals surface area (Å²) in [5, 5.41) is 3.91. The maximum Gasteiger partial charge on any atom is 0.133 e. The lowest BCUT2D eigenvalue weighted by Gasteiger charge is -2.00. The third kappa shape index (κ3) is 2.25. The molecule has 0 aliphatic heterocycles. The quantitative estimate of drug-likeness (QED) is 0.296. The van der Waals surface area contributed by atoms with Gasteiger partial charge in [0.25, 0.3) is 0 Å². The van der Waals surface area contributed by atoms with E-state index in [2.05, 4.69) is 60.7 Å². The van der Waals surface area contributed by atoms with E-state index >= 15 is 0 Å². The van der Waals surface area contributed by atoms with E-state index in [-0.39, 0.29) is 0 Å². The molecule has 118 valence electrons. The smallest absolute Gasteiger partial charge is 0.133 e. The highest BCUT2D eigenvalue weighted by Gasteiger charge is 2.19. The van der Waals surface area contributed by atoms with Crippen molar-refractivity contribution in [1.82, 2.24) is 0 Å². The van der Waals surface area contributed by atoms with Crippen molar-refractivity contribution in [3.8, 4) is 22.3 Å². The number of benzene rings is 4. The Morgan fingerprint density at radius 3 is 1.68 bits per heavy atom. The zero-order chi connectivity index (χ0) is 16.6. The highest BCUT2D eigenvalue weighted by molar-refractivity contribution is 6.15. The average Bonchev–Trinajstić information content (AvgIpc) is 3.28. The second kappa shape index (κ2) is 5.64. The van der Waals surface area contributed by atoms with Crippen LogP contribution >= 0.6 is 0 Å². The molecular weight excluding hydrogens is 304 g/mol. The standard InChI is InChI=1S/C16H10.C8H6O/c1-2-8-13-12(7-1)14-9-3-5-11-6-4-10-15(13)16(11)14;1-2-4-8-7(3-1)5-6-9-8/h1-10H;1-6H. The van der Waals surface area contributed by atoms with E-state index < -0.39 is 0 Å². The van der Waals surface area contributed by atoms with Gasteiger partial charge in [0, 0.05) is 5.39 Å². The first-order valence-electron chi connectivity index (χ1n) is 8.45. The van der Waals surface area contributed by atoms with Gasteiger partial charge in [-0.3, -0.25) is 0 Å². The molecule has 0 atom stereocenters. The largest absolute Gasteiger partial charge is 0.464 e. The fourth-order valence-corrected chi connectivity index (χ4v) is 3.65. The lowest BCUT2D eigenvalue weighted by Crippen LogP contribution is -1.73. The Hall–Kier alpha value is -3.32. The molecule has 1 aliphatic carbocycles. The predicted octanol–water partition coefficient (Wildman–Crippen LogP) is 6.92. The lowest BCUT2D eigenvalue weighted by atomic mass is 10.0. The van der Waals surface area contributed by atoms with Crippen molar-refractivity contribution in [1.29, 1.82) is 0 Å². The van der Waals surface area contributed by atoms with Crippen molar-refractivity contribution in [2.75, 3.05) is 0 Å². The molecule has 0 bridgehead atoms. The molecule has 0 saturated carbocycles. The highest BCUT2D eigenvalue weighted by Crippen LogP contribution is 2.46. The zero-order valence-corrected chi connectivity index (χ0v) is 13.6. The van der Waals surface area contributed by atoms with Gasteiger partial charge in [-0.2, -0.15) is 0 Å². The molecule has 25 heavy (non-hydrogen) atoms. The van der Waals surface area contributed by atoms with Crippen LogP contribution in [-0.2, 0) is 0 Å². The minimum absolute atomic E-state index is 0.956. The maximum atomic E-state index is 5.12. The van der Waals surface area contributed by atoms with Crippen molar-refractivity contribution in [3.63, 3.8) is 0 Å². The van der Waals surface area contributed by atoms with Gasteiger partial charge in [0.05, 0.1) is 6.26 Å². The molecule has 0 N–H and O–H groups in total. The summed E-state index contributed by atoms with van der Waals surface area (Å²) in [4.78, 5) is 0. The summed E-state index contributed by atoms with van der Waals surface area (Å²) in [7, 11) is 0. The Kier molecular flexibility index (Phi) is 3.17. The average molecular weight is 320 g/mol. The van der Waals surface area contributed by atoms with Crippen LogP contribution in [0.2, 0.25) is 0 Å². The minimum Gasteiger partial charge on any atom is -0.464 e. The van der Waals surface area contributed by atoms with Crippen LogP contribution in [0.5, 0.6) is 0 Å². The van der Waals surface area contributed by atoms with E-state index in [0.29, 0.717) is 0 Å². The Morgan fingerprint density at radius 1 is 0.440 bits per heavy atom. The van der Waals surface area contributed by atoms with Crippen LogP contribution in [0, 0.1) is 0 Å². The molecule has 0 unspecified atom stereocenters. The summed E-state index contributed by atoms with van der Waals surface area (Å²) in [5.41, 5.74) is 6.45. The number of hydrogen-bond donors (Lipinski definition) is 0. The number of rotatable bonds is 0. The van der Waals surface area contributed by atoms with Crippen molar-refractivity contribution < 1.29 is 4.42 Å². The minimum atomic E-state index is 0.956. The lowest BCUT2D eigenvalue weighted by molar-refractivity contribution is 0.616. The Morgan fingerprint density at radius 2 is 1.00 bits per heavy atom. The molecule has 0 radical (unpaired) electrons. The Balaban J connectivity index is 0.000000132. The number of para-hydroxylation sites is 1. The molecule has 0 saturated heterocycles. The summed E-state index contributed by atoms with van der Waals surface area (Å²) in [5.74, 6) is 0. The van der Waals surface area contributed by atoms with E-state index in [1.54, 1.807) is 6.26 Å². The van der Waals surface area contributed by atoms with Gasteiger partial charge in [0.1, 0.15) is 5.58 Å². The number of fused-ring (bicyclic) bond motifs is 4. The molecule has 1 aliphatic rings. The fraction of sp³-hybridized carbons (Fsp3) is 0. The third-order valence-electron chi connectivity index (χ3n) is 4.77. The SMILES string of the molecule is c1ccc2c(c1)-c1cccc3cccc-2c13.c1ccc2occc2c1. The molecular formula is C24H16O. The van der Waals surface area contributed by atoms with E-state index in [1.807, 2.05) is 30.3 Å². The van der Waals surface area contributed by atoms with Gasteiger partial charge in [-0.25, -0.2) is 0 Å². The summed E-state index contributed by atoms with van der Waals surface area (Å²) < 4.78 is 5.12. The van der Waals surface area contributed by atoms with Crippen LogP contribution in [0.25, 0.3) is 44.0 Å². The van der Waals surface area contributed by atoms with Gasteiger partial charge in [-0.05, 0) is 45.2 Å². The summed E-state index contributed by atoms with van der Waals surface area (Å²) in [6.07, 6.45) is 1.70. The molecule has 0 fully saturated rings. The zero-order valence-electron chi connectivity index (χ0n) is 13.6. The van der Waals surface area contributed by atoms with Crippen LogP contribution in [0.1, 0.15) is 0 Å². The number of furan rings is 1. The van der Waals surface area contributed by atoms with Crippen LogP contribution in [0.15, 0.2) is 102 Å². The van der Waals surface area contributed by atoms with E-state index in [4.69, 9.17) is 4.42 Å². The first-order chi connectivity index (χ1) is 12.4. The predicted molar refractivity (Wildman–Crippen MR) is 105 cm³/mol. The van der Waals surface area contributed by atoms with Crippen LogP contribution in [0.3, 0.4) is 0 Å². The second-order valence-corrected chi connectivity index (χ2v) is 6.21. The highest BCUT2D eigenvalue weighted by atomic mass is 16.3. The van der Waals surface area contributed by atoms with E-state index in [0.717, 1.165) is 11.0 Å². The van der Waals surface area contributed by atoms with Gasteiger partial charge in [0.15, 0.2) is 0 Å². The van der Waals surface area contributed by atoms with Crippen molar-refractivity contribution in [2.45, 2.75) is 0 Å². The van der Waals surface area contributed by atoms with Gasteiger partial charge >= 0.3 is 0 Å². The van der Waals surface area contributed by atoms with Gasteiger partial charge in [-0.1, -0.05) is 78.9 Å². The Bertz CT molecular complexity index is 1110. The molecule has 0 amide bonds. The van der Waals surface area contributed by atoms with Crippen molar-refractivity contribution in [3.05, 3.63) is 97.3 Å². The molecule has 5 aromatic rings. The molecule has 4 aromatic carbocycles. The second-order valence-electron chi connectivity index (χ2n) is 6.21. The van der Waals surface area contributed by atoms with Crippen LogP contribution in [-0.4, -0.2) is 0 Å². The Labute approximate surface area is 146 Å². The third-order valence-corrected chi connectivity index (χ3v) is 4.77. The molecule has 1 heteroatoms. The molecule has 1 nitrogen and oxygen atoms in total. The van der Waals surface area contributed by atoms with Crippen LogP contribution in [0.4, 0.5) is 0 Å². The topological polar surface area (TPSA) is 13.1 Å².